The quantitative estimate of drug-likeness (QED) is 0.165. The zero-order chi connectivity index (χ0) is 27.1. The van der Waals surface area contributed by atoms with Crippen LogP contribution in [0.1, 0.15) is 11.1 Å². The van der Waals surface area contributed by atoms with Crippen LogP contribution in [0, 0.1) is 0 Å². The number of ether oxygens (including phenoxy) is 2. The van der Waals surface area contributed by atoms with Crippen molar-refractivity contribution in [2.75, 3.05) is 30.9 Å². The van der Waals surface area contributed by atoms with Crippen LogP contribution in [-0.4, -0.2) is 65.0 Å². The molecule has 1 saturated heterocycles. The van der Waals surface area contributed by atoms with Gasteiger partial charge in [-0.05, 0) is 29.3 Å². The summed E-state index contributed by atoms with van der Waals surface area (Å²) in [6.45, 7) is 0.521. The van der Waals surface area contributed by atoms with Gasteiger partial charge in [-0.15, -0.1) is 23.4 Å². The number of carbonyl (C=O) groups excluding carboxylic acids is 3. The number of β-lactam (4-membered cyclic amide) rings is 1. The summed E-state index contributed by atoms with van der Waals surface area (Å²) in [5.41, 5.74) is 7.42. The van der Waals surface area contributed by atoms with Crippen LogP contribution in [0.3, 0.4) is 0 Å². The van der Waals surface area contributed by atoms with Gasteiger partial charge in [0.1, 0.15) is 29.5 Å². The number of halogens is 1. The maximum absolute atomic E-state index is 13.4. The summed E-state index contributed by atoms with van der Waals surface area (Å²) < 4.78 is 10.8. The second kappa shape index (κ2) is 13.7. The maximum Gasteiger partial charge on any atom is 0.356 e. The normalized spacial score (nSPS) is 18.5. The van der Waals surface area contributed by atoms with E-state index in [1.54, 1.807) is 19.2 Å². The Hall–Kier alpha value is -2.31. The smallest absolute Gasteiger partial charge is 0.356 e. The fourth-order valence-corrected chi connectivity index (χ4v) is 7.40. The first-order valence-electron chi connectivity index (χ1n) is 11.8. The van der Waals surface area contributed by atoms with Crippen molar-refractivity contribution in [3.05, 3.63) is 70.3 Å². The fraction of sp³-hybridized carbons (Fsp3) is 0.346. The summed E-state index contributed by atoms with van der Waals surface area (Å²) >= 11 is 10.5. The minimum atomic E-state index is -0.697. The first-order chi connectivity index (χ1) is 18.5. The molecule has 2 aromatic carbocycles. The lowest BCUT2D eigenvalue weighted by Gasteiger charge is -2.49. The Morgan fingerprint density at radius 1 is 1.21 bits per heavy atom. The Labute approximate surface area is 239 Å². The molecule has 0 aliphatic carbocycles. The number of rotatable bonds is 12. The molecule has 0 saturated carbocycles. The molecule has 2 amide bonds. The van der Waals surface area contributed by atoms with Gasteiger partial charge >= 0.3 is 5.97 Å². The third-order valence-electron chi connectivity index (χ3n) is 5.82. The largest absolute Gasteiger partial charge is 0.497 e. The van der Waals surface area contributed by atoms with Gasteiger partial charge in [0, 0.05) is 33.7 Å². The number of carbonyl (C=O) groups is 3. The zero-order valence-electron chi connectivity index (χ0n) is 20.7. The van der Waals surface area contributed by atoms with Crippen LogP contribution >= 0.6 is 46.9 Å². The molecule has 0 aromatic heterocycles. The van der Waals surface area contributed by atoms with E-state index >= 15 is 0 Å². The van der Waals surface area contributed by atoms with E-state index in [-0.39, 0.29) is 35.2 Å². The lowest BCUT2D eigenvalue weighted by molar-refractivity contribution is -0.153. The zero-order valence-corrected chi connectivity index (χ0v) is 23.9. The number of amides is 2. The molecule has 0 bridgehead atoms. The van der Waals surface area contributed by atoms with E-state index in [2.05, 4.69) is 5.32 Å². The van der Waals surface area contributed by atoms with Crippen molar-refractivity contribution in [2.24, 2.45) is 5.73 Å². The SMILES string of the molecule is COc1ccc(COC(=O)C2=C(Sc3ccccc3CCl)CS[C@@H]3[C@H](NC(=O)CSCCN)C(=O)N23)cc1. The van der Waals surface area contributed by atoms with E-state index in [1.165, 1.54) is 40.2 Å². The number of methoxy groups -OCH3 is 1. The number of nitrogens with two attached hydrogens (primary N) is 1. The van der Waals surface area contributed by atoms with Crippen LogP contribution in [0.25, 0.3) is 0 Å². The van der Waals surface area contributed by atoms with Crippen LogP contribution in [-0.2, 0) is 31.6 Å². The lowest BCUT2D eigenvalue weighted by atomic mass is 10.1. The van der Waals surface area contributed by atoms with E-state index in [4.69, 9.17) is 26.8 Å². The van der Waals surface area contributed by atoms with Crippen molar-refractivity contribution in [3.63, 3.8) is 0 Å². The third-order valence-corrected chi connectivity index (χ3v) is 9.76. The number of thioether (sulfide) groups is 3. The number of benzene rings is 2. The minimum Gasteiger partial charge on any atom is -0.497 e. The van der Waals surface area contributed by atoms with Gasteiger partial charge in [-0.3, -0.25) is 14.5 Å². The third kappa shape index (κ3) is 6.63. The Morgan fingerprint density at radius 2 is 1.97 bits per heavy atom. The molecule has 12 heteroatoms. The summed E-state index contributed by atoms with van der Waals surface area (Å²) in [5.74, 6) is 1.24. The maximum atomic E-state index is 13.4. The molecule has 2 aliphatic heterocycles. The highest BCUT2D eigenvalue weighted by atomic mass is 35.5. The van der Waals surface area contributed by atoms with E-state index in [9.17, 15) is 14.4 Å². The highest BCUT2D eigenvalue weighted by molar-refractivity contribution is 8.06. The number of hydrogen-bond acceptors (Lipinski definition) is 9. The first-order valence-corrected chi connectivity index (χ1v) is 15.4. The number of fused-ring (bicyclic) bond motifs is 1. The molecule has 2 heterocycles. The van der Waals surface area contributed by atoms with Crippen molar-refractivity contribution in [2.45, 2.75) is 28.8 Å². The number of hydrogen-bond donors (Lipinski definition) is 2. The number of esters is 1. The molecule has 0 unspecified atom stereocenters. The molecule has 8 nitrogen and oxygen atoms in total. The predicted octanol–water partition coefficient (Wildman–Crippen LogP) is 3.57. The van der Waals surface area contributed by atoms with Crippen molar-refractivity contribution in [3.8, 4) is 5.75 Å². The van der Waals surface area contributed by atoms with Crippen molar-refractivity contribution in [1.29, 1.82) is 0 Å². The Morgan fingerprint density at radius 3 is 2.68 bits per heavy atom. The van der Waals surface area contributed by atoms with Crippen molar-refractivity contribution >= 4 is 64.7 Å². The molecule has 0 radical (unpaired) electrons. The van der Waals surface area contributed by atoms with Gasteiger partial charge in [0.05, 0.1) is 12.9 Å². The van der Waals surface area contributed by atoms with Crippen LogP contribution in [0.2, 0.25) is 0 Å². The van der Waals surface area contributed by atoms with Crippen LogP contribution in [0.15, 0.2) is 64.0 Å². The van der Waals surface area contributed by atoms with Crippen molar-refractivity contribution in [1.82, 2.24) is 10.2 Å². The summed E-state index contributed by atoms with van der Waals surface area (Å²) in [6.07, 6.45) is 0. The standard InChI is InChI=1S/C26H28ClN3O5S3/c1-34-18-8-6-16(7-9-18)13-35-26(33)23-20(38-19-5-3-2-4-17(19)12-27)14-37-25-22(24(32)30(23)25)29-21(31)15-36-11-10-28/h2-9,22,25H,10-15,28H2,1H3,(H,29,31)/t22-,25-/m1/s1. The van der Waals surface area contributed by atoms with Crippen molar-refractivity contribution < 1.29 is 23.9 Å². The van der Waals surface area contributed by atoms with Gasteiger partial charge in [-0.2, -0.15) is 11.8 Å². The van der Waals surface area contributed by atoms with Gasteiger partial charge in [-0.1, -0.05) is 42.1 Å². The van der Waals surface area contributed by atoms with Gasteiger partial charge in [0.2, 0.25) is 5.91 Å². The second-order valence-electron chi connectivity index (χ2n) is 8.34. The topological polar surface area (TPSA) is 111 Å². The minimum absolute atomic E-state index is 0.0426. The fourth-order valence-electron chi connectivity index (χ4n) is 3.91. The van der Waals surface area contributed by atoms with Crippen LogP contribution in [0.5, 0.6) is 5.75 Å². The number of nitrogens with one attached hydrogen (secondary N) is 1. The average Bonchev–Trinajstić information content (AvgIpc) is 2.95. The molecular formula is C26H28ClN3O5S3. The van der Waals surface area contributed by atoms with Crippen LogP contribution in [0.4, 0.5) is 0 Å². The van der Waals surface area contributed by atoms with Gasteiger partial charge in [0.25, 0.3) is 5.91 Å². The lowest BCUT2D eigenvalue weighted by Crippen LogP contribution is -2.70. The number of alkyl halides is 1. The first kappa shape index (κ1) is 28.7. The van der Waals surface area contributed by atoms with E-state index < -0.39 is 12.0 Å². The predicted molar refractivity (Wildman–Crippen MR) is 153 cm³/mol. The molecule has 38 heavy (non-hydrogen) atoms. The van der Waals surface area contributed by atoms with E-state index in [0.717, 1.165) is 16.0 Å². The molecule has 2 atom stereocenters. The molecule has 2 aromatic rings. The summed E-state index contributed by atoms with van der Waals surface area (Å²) in [6, 6.07) is 14.2. The average molecular weight is 594 g/mol. The molecule has 1 fully saturated rings. The Balaban J connectivity index is 1.54. The van der Waals surface area contributed by atoms with Crippen LogP contribution < -0.4 is 15.8 Å². The second-order valence-corrected chi connectivity index (χ2v) is 11.9. The van der Waals surface area contributed by atoms with Gasteiger partial charge in [0.15, 0.2) is 0 Å². The molecule has 0 spiro atoms. The molecule has 2 aliphatic rings. The molecular weight excluding hydrogens is 566 g/mol. The highest BCUT2D eigenvalue weighted by Crippen LogP contribution is 2.46. The Kier molecular flexibility index (Phi) is 10.3. The van der Waals surface area contributed by atoms with E-state index in [1.807, 2.05) is 36.4 Å². The number of nitrogens with zero attached hydrogens (tertiary/aromatic N) is 1. The van der Waals surface area contributed by atoms with Gasteiger partial charge in [-0.25, -0.2) is 4.79 Å². The summed E-state index contributed by atoms with van der Waals surface area (Å²) in [4.78, 5) is 42.1. The summed E-state index contributed by atoms with van der Waals surface area (Å²) in [5, 5.41) is 2.42. The monoisotopic (exact) mass is 593 g/mol. The summed E-state index contributed by atoms with van der Waals surface area (Å²) in [7, 11) is 1.58. The van der Waals surface area contributed by atoms with Gasteiger partial charge < -0.3 is 20.5 Å². The van der Waals surface area contributed by atoms with E-state index in [0.29, 0.717) is 34.6 Å². The highest BCUT2D eigenvalue weighted by Gasteiger charge is 2.54. The molecule has 3 N–H and O–H groups in total. The molecule has 202 valence electrons. The molecule has 4 rings (SSSR count). The Bertz CT molecular complexity index is 1210.